The minimum atomic E-state index is -3.43. The number of hydrogen-bond acceptors (Lipinski definition) is 3. The summed E-state index contributed by atoms with van der Waals surface area (Å²) in [5.41, 5.74) is 3.65. The van der Waals surface area contributed by atoms with E-state index in [-0.39, 0.29) is 17.6 Å². The summed E-state index contributed by atoms with van der Waals surface area (Å²) in [5.74, 6) is -0.303. The fraction of sp³-hybridized carbons (Fsp3) is 0.381. The van der Waals surface area contributed by atoms with Crippen molar-refractivity contribution in [3.05, 3.63) is 64.2 Å². The standard InChI is InChI=1S/C21H25ClN2O3S/c1-15-10-16(2)12-20(11-15)23-21(25)18-6-8-24(9-7-18)28(26,27)14-17-4-3-5-19(22)13-17/h3-5,10-13,18H,6-9,14H2,1-2H3,(H,23,25). The minimum absolute atomic E-state index is 0.0445. The average molecular weight is 421 g/mol. The molecule has 0 bridgehead atoms. The molecule has 3 rings (SSSR count). The highest BCUT2D eigenvalue weighted by Gasteiger charge is 2.31. The van der Waals surface area contributed by atoms with E-state index < -0.39 is 10.0 Å². The zero-order chi connectivity index (χ0) is 20.3. The molecule has 0 spiro atoms. The molecule has 0 aromatic heterocycles. The first-order valence-electron chi connectivity index (χ1n) is 9.34. The number of aryl methyl sites for hydroxylation is 2. The number of halogens is 1. The molecule has 0 radical (unpaired) electrons. The Morgan fingerprint density at radius 1 is 1.11 bits per heavy atom. The smallest absolute Gasteiger partial charge is 0.227 e. The summed E-state index contributed by atoms with van der Waals surface area (Å²) >= 11 is 5.95. The summed E-state index contributed by atoms with van der Waals surface area (Å²) < 4.78 is 26.9. The fourth-order valence-electron chi connectivity index (χ4n) is 3.62. The maximum atomic E-state index is 12.7. The van der Waals surface area contributed by atoms with Crippen LogP contribution in [0.1, 0.15) is 29.5 Å². The predicted molar refractivity (Wildman–Crippen MR) is 113 cm³/mol. The van der Waals surface area contributed by atoms with Crippen molar-refractivity contribution in [1.29, 1.82) is 0 Å². The molecule has 1 aliphatic rings. The van der Waals surface area contributed by atoms with Gasteiger partial charge in [0.2, 0.25) is 15.9 Å². The molecule has 1 aliphatic heterocycles. The Hall–Kier alpha value is -1.89. The van der Waals surface area contributed by atoms with E-state index in [4.69, 9.17) is 11.6 Å². The highest BCUT2D eigenvalue weighted by atomic mass is 35.5. The van der Waals surface area contributed by atoms with Crippen LogP contribution in [-0.4, -0.2) is 31.7 Å². The maximum Gasteiger partial charge on any atom is 0.227 e. The van der Waals surface area contributed by atoms with Crippen LogP contribution in [0, 0.1) is 19.8 Å². The van der Waals surface area contributed by atoms with Crippen molar-refractivity contribution >= 4 is 33.2 Å². The van der Waals surface area contributed by atoms with E-state index in [1.807, 2.05) is 26.0 Å². The van der Waals surface area contributed by atoms with Crippen LogP contribution in [0.4, 0.5) is 5.69 Å². The van der Waals surface area contributed by atoms with Gasteiger partial charge in [-0.15, -0.1) is 0 Å². The van der Waals surface area contributed by atoms with Gasteiger partial charge >= 0.3 is 0 Å². The first-order chi connectivity index (χ1) is 13.2. The van der Waals surface area contributed by atoms with Gasteiger partial charge in [-0.25, -0.2) is 12.7 Å². The van der Waals surface area contributed by atoms with Crippen LogP contribution in [0.3, 0.4) is 0 Å². The summed E-state index contributed by atoms with van der Waals surface area (Å²) in [6.45, 7) is 4.69. The lowest BCUT2D eigenvalue weighted by atomic mass is 9.97. The van der Waals surface area contributed by atoms with Gasteiger partial charge in [0.25, 0.3) is 0 Å². The minimum Gasteiger partial charge on any atom is -0.326 e. The molecule has 7 heteroatoms. The van der Waals surface area contributed by atoms with Crippen LogP contribution in [0.5, 0.6) is 0 Å². The summed E-state index contributed by atoms with van der Waals surface area (Å²) in [6.07, 6.45) is 1.04. The summed E-state index contributed by atoms with van der Waals surface area (Å²) in [4.78, 5) is 12.6. The van der Waals surface area contributed by atoms with Gasteiger partial charge < -0.3 is 5.32 Å². The number of anilines is 1. The van der Waals surface area contributed by atoms with Gasteiger partial charge in [-0.3, -0.25) is 4.79 Å². The molecule has 1 N–H and O–H groups in total. The lowest BCUT2D eigenvalue weighted by Crippen LogP contribution is -2.41. The highest BCUT2D eigenvalue weighted by Crippen LogP contribution is 2.24. The lowest BCUT2D eigenvalue weighted by molar-refractivity contribution is -0.120. The molecular weight excluding hydrogens is 396 g/mol. The van der Waals surface area contributed by atoms with E-state index in [9.17, 15) is 13.2 Å². The lowest BCUT2D eigenvalue weighted by Gasteiger charge is -2.30. The molecule has 1 fully saturated rings. The van der Waals surface area contributed by atoms with E-state index in [1.54, 1.807) is 24.3 Å². The Morgan fingerprint density at radius 2 is 1.75 bits per heavy atom. The first-order valence-corrected chi connectivity index (χ1v) is 11.3. The zero-order valence-electron chi connectivity index (χ0n) is 16.1. The van der Waals surface area contributed by atoms with E-state index in [1.165, 1.54) is 4.31 Å². The predicted octanol–water partition coefficient (Wildman–Crippen LogP) is 4.14. The largest absolute Gasteiger partial charge is 0.326 e. The van der Waals surface area contributed by atoms with Gasteiger partial charge in [-0.05, 0) is 67.6 Å². The van der Waals surface area contributed by atoms with Gasteiger partial charge in [0.15, 0.2) is 0 Å². The average Bonchev–Trinajstić information content (AvgIpc) is 2.60. The van der Waals surface area contributed by atoms with Gasteiger partial charge in [0.1, 0.15) is 0 Å². The Labute approximate surface area is 171 Å². The van der Waals surface area contributed by atoms with Crippen molar-refractivity contribution < 1.29 is 13.2 Å². The highest BCUT2D eigenvalue weighted by molar-refractivity contribution is 7.88. The number of sulfonamides is 1. The van der Waals surface area contributed by atoms with Crippen LogP contribution in [0.25, 0.3) is 0 Å². The molecule has 28 heavy (non-hydrogen) atoms. The molecule has 0 aliphatic carbocycles. The molecular formula is C21H25ClN2O3S. The molecule has 0 saturated carbocycles. The van der Waals surface area contributed by atoms with Crippen molar-refractivity contribution in [2.45, 2.75) is 32.4 Å². The number of nitrogens with one attached hydrogen (secondary N) is 1. The molecule has 1 saturated heterocycles. The monoisotopic (exact) mass is 420 g/mol. The number of piperidine rings is 1. The third kappa shape index (κ3) is 5.34. The third-order valence-electron chi connectivity index (χ3n) is 4.95. The summed E-state index contributed by atoms with van der Waals surface area (Å²) in [6, 6.07) is 12.8. The quantitative estimate of drug-likeness (QED) is 0.790. The van der Waals surface area contributed by atoms with Crippen LogP contribution >= 0.6 is 11.6 Å². The van der Waals surface area contributed by atoms with Gasteiger partial charge in [-0.2, -0.15) is 0 Å². The topological polar surface area (TPSA) is 66.5 Å². The SMILES string of the molecule is Cc1cc(C)cc(NC(=O)C2CCN(S(=O)(=O)Cc3cccc(Cl)c3)CC2)c1. The van der Waals surface area contributed by atoms with Crippen molar-refractivity contribution in [3.63, 3.8) is 0 Å². The van der Waals surface area contributed by atoms with Crippen molar-refractivity contribution in [3.8, 4) is 0 Å². The number of amides is 1. The van der Waals surface area contributed by atoms with Crippen LogP contribution in [0.2, 0.25) is 5.02 Å². The van der Waals surface area contributed by atoms with E-state index >= 15 is 0 Å². The van der Waals surface area contributed by atoms with Gasteiger partial charge in [0, 0.05) is 29.7 Å². The second-order valence-corrected chi connectivity index (χ2v) is 9.83. The fourth-order valence-corrected chi connectivity index (χ4v) is 5.38. The molecule has 5 nitrogen and oxygen atoms in total. The van der Waals surface area contributed by atoms with Crippen molar-refractivity contribution in [2.24, 2.45) is 5.92 Å². The first kappa shape index (κ1) is 20.8. The second-order valence-electron chi connectivity index (χ2n) is 7.43. The Morgan fingerprint density at radius 3 is 2.36 bits per heavy atom. The zero-order valence-corrected chi connectivity index (χ0v) is 17.7. The normalized spacial score (nSPS) is 16.1. The number of hydrogen-bond donors (Lipinski definition) is 1. The molecule has 2 aromatic carbocycles. The molecule has 2 aromatic rings. The Bertz CT molecular complexity index is 947. The molecule has 1 amide bonds. The maximum absolute atomic E-state index is 12.7. The molecule has 1 heterocycles. The van der Waals surface area contributed by atoms with Gasteiger partial charge in [-0.1, -0.05) is 29.8 Å². The van der Waals surface area contributed by atoms with E-state index in [2.05, 4.69) is 11.4 Å². The third-order valence-corrected chi connectivity index (χ3v) is 7.03. The van der Waals surface area contributed by atoms with Crippen LogP contribution < -0.4 is 5.32 Å². The van der Waals surface area contributed by atoms with Gasteiger partial charge in [0.05, 0.1) is 5.75 Å². The molecule has 0 atom stereocenters. The molecule has 0 unspecified atom stereocenters. The Kier molecular flexibility index (Phi) is 6.43. The Balaban J connectivity index is 1.58. The van der Waals surface area contributed by atoms with Crippen LogP contribution in [0.15, 0.2) is 42.5 Å². The molecule has 150 valence electrons. The van der Waals surface area contributed by atoms with Crippen LogP contribution in [-0.2, 0) is 20.6 Å². The van der Waals surface area contributed by atoms with E-state index in [0.717, 1.165) is 16.8 Å². The summed E-state index contributed by atoms with van der Waals surface area (Å²) in [5, 5.41) is 3.49. The number of rotatable bonds is 5. The second kappa shape index (κ2) is 8.64. The number of carbonyl (C=O) groups excluding carboxylic acids is 1. The number of carbonyl (C=O) groups is 1. The van der Waals surface area contributed by atoms with E-state index in [0.29, 0.717) is 36.5 Å². The number of benzene rings is 2. The summed E-state index contributed by atoms with van der Waals surface area (Å²) in [7, 11) is -3.43. The number of nitrogens with zero attached hydrogens (tertiary/aromatic N) is 1. The van der Waals surface area contributed by atoms with Crippen molar-refractivity contribution in [1.82, 2.24) is 4.31 Å². The van der Waals surface area contributed by atoms with Crippen molar-refractivity contribution in [2.75, 3.05) is 18.4 Å².